The van der Waals surface area contributed by atoms with Crippen LogP contribution < -0.4 is 15.4 Å². The summed E-state index contributed by atoms with van der Waals surface area (Å²) in [6, 6.07) is 15.1. The largest absolute Gasteiger partial charge is 0.488 e. The molecule has 29 heavy (non-hydrogen) atoms. The lowest BCUT2D eigenvalue weighted by Crippen LogP contribution is -2.25. The van der Waals surface area contributed by atoms with Gasteiger partial charge in [-0.3, -0.25) is 9.59 Å². The first-order valence-corrected chi connectivity index (χ1v) is 10.3. The molecule has 2 fully saturated rings. The summed E-state index contributed by atoms with van der Waals surface area (Å²) >= 11 is 0. The van der Waals surface area contributed by atoms with Crippen LogP contribution in [0.25, 0.3) is 6.08 Å². The minimum absolute atomic E-state index is 0.0420. The van der Waals surface area contributed by atoms with Gasteiger partial charge in [0.2, 0.25) is 5.91 Å². The van der Waals surface area contributed by atoms with E-state index >= 15 is 0 Å². The molecule has 0 aliphatic heterocycles. The van der Waals surface area contributed by atoms with E-state index < -0.39 is 0 Å². The first-order chi connectivity index (χ1) is 14.2. The van der Waals surface area contributed by atoms with Crippen LogP contribution >= 0.6 is 0 Å². The number of hydrogen-bond donors (Lipinski definition) is 2. The number of carbonyl (C=O) groups excluding carboxylic acids is 2. The fourth-order valence-corrected chi connectivity index (χ4v) is 3.45. The molecule has 2 aromatic rings. The summed E-state index contributed by atoms with van der Waals surface area (Å²) in [5, 5.41) is 5.86. The molecule has 0 saturated heterocycles. The number of hydrogen-bond acceptors (Lipinski definition) is 3. The minimum atomic E-state index is -0.219. The van der Waals surface area contributed by atoms with Gasteiger partial charge >= 0.3 is 0 Å². The zero-order valence-electron chi connectivity index (χ0n) is 16.4. The third-order valence-corrected chi connectivity index (χ3v) is 5.25. The zero-order chi connectivity index (χ0) is 20.1. The second-order valence-corrected chi connectivity index (χ2v) is 7.71. The molecule has 2 N–H and O–H groups in total. The third-order valence-electron chi connectivity index (χ3n) is 5.25. The summed E-state index contributed by atoms with van der Waals surface area (Å²) < 4.78 is 6.06. The molecule has 2 aliphatic rings. The first kappa shape index (κ1) is 19.2. The maximum absolute atomic E-state index is 12.4. The molecule has 0 heterocycles. The minimum Gasteiger partial charge on any atom is -0.488 e. The average molecular weight is 390 g/mol. The van der Waals surface area contributed by atoms with Crippen LogP contribution in [0.4, 0.5) is 5.69 Å². The summed E-state index contributed by atoms with van der Waals surface area (Å²) in [5.41, 5.74) is 2.18. The van der Waals surface area contributed by atoms with Crippen molar-refractivity contribution in [2.24, 2.45) is 0 Å². The summed E-state index contributed by atoms with van der Waals surface area (Å²) in [4.78, 5) is 24.4. The second kappa shape index (κ2) is 8.95. The fraction of sp³-hybridized carbons (Fsp3) is 0.333. The lowest BCUT2D eigenvalue weighted by molar-refractivity contribution is -0.111. The van der Waals surface area contributed by atoms with Gasteiger partial charge in [0.05, 0.1) is 11.8 Å². The number of para-hydroxylation sites is 2. The van der Waals surface area contributed by atoms with Crippen LogP contribution in [0, 0.1) is 0 Å². The molecular weight excluding hydrogens is 364 g/mol. The van der Waals surface area contributed by atoms with Gasteiger partial charge in [-0.2, -0.15) is 0 Å². The Morgan fingerprint density at radius 1 is 0.931 bits per heavy atom. The van der Waals surface area contributed by atoms with Crippen LogP contribution in [-0.2, 0) is 4.79 Å². The molecular formula is C24H26N2O3. The highest BCUT2D eigenvalue weighted by Gasteiger charge is 2.23. The summed E-state index contributed by atoms with van der Waals surface area (Å²) in [6.07, 6.45) is 10.1. The highest BCUT2D eigenvalue weighted by atomic mass is 16.5. The van der Waals surface area contributed by atoms with Gasteiger partial charge in [-0.15, -0.1) is 0 Å². The molecule has 150 valence electrons. The van der Waals surface area contributed by atoms with Crippen LogP contribution in [0.15, 0.2) is 54.6 Å². The molecule has 2 aliphatic carbocycles. The van der Waals surface area contributed by atoms with Crippen molar-refractivity contribution in [2.45, 2.75) is 50.7 Å². The molecule has 2 saturated carbocycles. The van der Waals surface area contributed by atoms with E-state index in [9.17, 15) is 9.59 Å². The van der Waals surface area contributed by atoms with Crippen molar-refractivity contribution in [1.82, 2.24) is 5.32 Å². The quantitative estimate of drug-likeness (QED) is 0.682. The highest BCUT2D eigenvalue weighted by molar-refractivity contribution is 6.02. The van der Waals surface area contributed by atoms with Crippen molar-refractivity contribution >= 4 is 23.6 Å². The standard InChI is InChI=1S/C24H26N2O3/c27-23(26-21-7-3-4-8-22(21)29-20-5-1-2-6-20)16-11-17-9-12-18(13-10-17)24(28)25-19-14-15-19/h3-4,7-13,16,19-20H,1-2,5-6,14-15H2,(H,25,28)(H,26,27)/b16-11+. The SMILES string of the molecule is O=C(/C=C/c1ccc(C(=O)NC2CC2)cc1)Nc1ccccc1OC1CCCC1. The van der Waals surface area contributed by atoms with Crippen LogP contribution in [0.2, 0.25) is 0 Å². The molecule has 0 bridgehead atoms. The Bertz CT molecular complexity index is 895. The van der Waals surface area contributed by atoms with Crippen LogP contribution in [0.1, 0.15) is 54.4 Å². The van der Waals surface area contributed by atoms with Gasteiger partial charge in [0.1, 0.15) is 5.75 Å². The van der Waals surface area contributed by atoms with E-state index in [2.05, 4.69) is 10.6 Å². The average Bonchev–Trinajstić information content (AvgIpc) is 3.40. The molecule has 4 rings (SSSR count). The normalized spacial score (nSPS) is 16.7. The Morgan fingerprint density at radius 2 is 1.66 bits per heavy atom. The van der Waals surface area contributed by atoms with E-state index in [0.717, 1.165) is 31.2 Å². The van der Waals surface area contributed by atoms with Crippen LogP contribution in [0.3, 0.4) is 0 Å². The topological polar surface area (TPSA) is 67.4 Å². The maximum Gasteiger partial charge on any atom is 0.251 e. The second-order valence-electron chi connectivity index (χ2n) is 7.71. The number of rotatable bonds is 7. The van der Waals surface area contributed by atoms with E-state index in [0.29, 0.717) is 23.0 Å². The Balaban J connectivity index is 1.34. The van der Waals surface area contributed by atoms with Crippen molar-refractivity contribution in [3.05, 3.63) is 65.7 Å². The van der Waals surface area contributed by atoms with Crippen molar-refractivity contribution in [3.63, 3.8) is 0 Å². The molecule has 2 amide bonds. The van der Waals surface area contributed by atoms with E-state index in [-0.39, 0.29) is 17.9 Å². The van der Waals surface area contributed by atoms with Crippen molar-refractivity contribution in [3.8, 4) is 5.75 Å². The monoisotopic (exact) mass is 390 g/mol. The number of amides is 2. The van der Waals surface area contributed by atoms with Crippen molar-refractivity contribution < 1.29 is 14.3 Å². The van der Waals surface area contributed by atoms with E-state index in [4.69, 9.17) is 4.74 Å². The number of benzene rings is 2. The van der Waals surface area contributed by atoms with Crippen molar-refractivity contribution in [2.75, 3.05) is 5.32 Å². The van der Waals surface area contributed by atoms with Gasteiger partial charge in [0.25, 0.3) is 5.91 Å². The van der Waals surface area contributed by atoms with Gasteiger partial charge in [-0.1, -0.05) is 24.3 Å². The van der Waals surface area contributed by atoms with Gasteiger partial charge in [0.15, 0.2) is 0 Å². The summed E-state index contributed by atoms with van der Waals surface area (Å²) in [6.45, 7) is 0. The molecule has 2 aromatic carbocycles. The predicted molar refractivity (Wildman–Crippen MR) is 114 cm³/mol. The number of carbonyl (C=O) groups is 2. The molecule has 5 nitrogen and oxygen atoms in total. The van der Waals surface area contributed by atoms with E-state index in [1.807, 2.05) is 36.4 Å². The van der Waals surface area contributed by atoms with Gasteiger partial charge < -0.3 is 15.4 Å². The molecule has 0 atom stereocenters. The summed E-state index contributed by atoms with van der Waals surface area (Å²) in [5.74, 6) is 0.454. The number of nitrogens with one attached hydrogen (secondary N) is 2. The Kier molecular flexibility index (Phi) is 5.94. The Hall–Kier alpha value is -3.08. The zero-order valence-corrected chi connectivity index (χ0v) is 16.4. The maximum atomic E-state index is 12.4. The highest BCUT2D eigenvalue weighted by Crippen LogP contribution is 2.29. The lowest BCUT2D eigenvalue weighted by Gasteiger charge is -2.16. The van der Waals surface area contributed by atoms with Gasteiger partial charge in [-0.25, -0.2) is 0 Å². The number of ether oxygens (including phenoxy) is 1. The molecule has 0 aromatic heterocycles. The lowest BCUT2D eigenvalue weighted by atomic mass is 10.1. The smallest absolute Gasteiger partial charge is 0.251 e. The third kappa shape index (κ3) is 5.47. The van der Waals surface area contributed by atoms with Crippen LogP contribution in [0.5, 0.6) is 5.75 Å². The first-order valence-electron chi connectivity index (χ1n) is 10.3. The molecule has 0 spiro atoms. The van der Waals surface area contributed by atoms with E-state index in [1.165, 1.54) is 18.9 Å². The van der Waals surface area contributed by atoms with Gasteiger partial charge in [0, 0.05) is 17.7 Å². The summed E-state index contributed by atoms with van der Waals surface area (Å²) in [7, 11) is 0. The number of anilines is 1. The van der Waals surface area contributed by atoms with Gasteiger partial charge in [-0.05, 0) is 74.4 Å². The molecule has 0 radical (unpaired) electrons. The fourth-order valence-electron chi connectivity index (χ4n) is 3.45. The van der Waals surface area contributed by atoms with Crippen molar-refractivity contribution in [1.29, 1.82) is 0 Å². The van der Waals surface area contributed by atoms with Crippen LogP contribution in [-0.4, -0.2) is 24.0 Å². The van der Waals surface area contributed by atoms with E-state index in [1.54, 1.807) is 18.2 Å². The Labute approximate surface area is 171 Å². The molecule has 5 heteroatoms. The predicted octanol–water partition coefficient (Wildman–Crippen LogP) is 4.55. The Morgan fingerprint density at radius 3 is 2.38 bits per heavy atom. The molecule has 0 unspecified atom stereocenters.